The van der Waals surface area contributed by atoms with Gasteiger partial charge in [0.25, 0.3) is 5.91 Å². The van der Waals surface area contributed by atoms with Crippen LogP contribution in [0.25, 0.3) is 0 Å². The third kappa shape index (κ3) is 7.75. The van der Waals surface area contributed by atoms with E-state index in [0.29, 0.717) is 19.1 Å². The van der Waals surface area contributed by atoms with Crippen molar-refractivity contribution in [2.24, 2.45) is 5.92 Å². The summed E-state index contributed by atoms with van der Waals surface area (Å²) < 4.78 is 5.57. The minimum absolute atomic E-state index is 0. The van der Waals surface area contributed by atoms with Crippen LogP contribution in [0.4, 0.5) is 0 Å². The van der Waals surface area contributed by atoms with E-state index in [1.54, 1.807) is 12.4 Å². The molecule has 0 aliphatic carbocycles. The summed E-state index contributed by atoms with van der Waals surface area (Å²) in [6.07, 6.45) is 6.41. The first-order chi connectivity index (χ1) is 12.3. The number of nitrogens with zero attached hydrogens (tertiary/aromatic N) is 1. The second-order valence-electron chi connectivity index (χ2n) is 6.41. The van der Waals surface area contributed by atoms with Gasteiger partial charge in [0, 0.05) is 18.3 Å². The SMILES string of the molecule is Cl.Cl.O=C(NCCCOc1cccnc1)c1cccc(CC2CCNC2)c1. The number of hydrogen-bond acceptors (Lipinski definition) is 4. The summed E-state index contributed by atoms with van der Waals surface area (Å²) >= 11 is 0. The molecule has 1 amide bonds. The fourth-order valence-corrected chi connectivity index (χ4v) is 3.06. The summed E-state index contributed by atoms with van der Waals surface area (Å²) in [4.78, 5) is 16.3. The van der Waals surface area contributed by atoms with Crippen molar-refractivity contribution in [3.63, 3.8) is 0 Å². The third-order valence-electron chi connectivity index (χ3n) is 4.39. The number of amides is 1. The van der Waals surface area contributed by atoms with Crippen LogP contribution in [0.1, 0.15) is 28.8 Å². The average molecular weight is 412 g/mol. The molecule has 0 bridgehead atoms. The van der Waals surface area contributed by atoms with E-state index in [1.165, 1.54) is 12.0 Å². The van der Waals surface area contributed by atoms with Gasteiger partial charge in [-0.1, -0.05) is 12.1 Å². The van der Waals surface area contributed by atoms with Gasteiger partial charge in [-0.3, -0.25) is 9.78 Å². The predicted octanol–water partition coefficient (Wildman–Crippen LogP) is 3.28. The van der Waals surface area contributed by atoms with E-state index in [4.69, 9.17) is 4.74 Å². The van der Waals surface area contributed by atoms with Crippen molar-refractivity contribution in [2.45, 2.75) is 19.3 Å². The molecule has 1 unspecified atom stereocenters. The molecule has 1 aromatic carbocycles. The third-order valence-corrected chi connectivity index (χ3v) is 4.39. The summed E-state index contributed by atoms with van der Waals surface area (Å²) in [7, 11) is 0. The van der Waals surface area contributed by atoms with Crippen LogP contribution in [0.15, 0.2) is 48.8 Å². The van der Waals surface area contributed by atoms with Crippen LogP contribution >= 0.6 is 24.8 Å². The lowest BCUT2D eigenvalue weighted by Crippen LogP contribution is -2.25. The first kappa shape index (κ1) is 23.2. The number of ether oxygens (including phenoxy) is 1. The van der Waals surface area contributed by atoms with E-state index in [-0.39, 0.29) is 30.7 Å². The van der Waals surface area contributed by atoms with Crippen molar-refractivity contribution in [1.29, 1.82) is 0 Å². The minimum Gasteiger partial charge on any atom is -0.492 e. The fraction of sp³-hybridized carbons (Fsp3) is 0.400. The normalized spacial score (nSPS) is 15.3. The fourth-order valence-electron chi connectivity index (χ4n) is 3.06. The molecule has 3 rings (SSSR count). The van der Waals surface area contributed by atoms with E-state index >= 15 is 0 Å². The lowest BCUT2D eigenvalue weighted by molar-refractivity contribution is 0.0951. The lowest BCUT2D eigenvalue weighted by Gasteiger charge is -2.10. The molecule has 148 valence electrons. The number of nitrogens with one attached hydrogen (secondary N) is 2. The molecule has 2 heterocycles. The molecule has 2 N–H and O–H groups in total. The Kier molecular flexibility index (Phi) is 10.8. The van der Waals surface area contributed by atoms with Gasteiger partial charge in [0.2, 0.25) is 0 Å². The van der Waals surface area contributed by atoms with Crippen molar-refractivity contribution < 1.29 is 9.53 Å². The van der Waals surface area contributed by atoms with Crippen LogP contribution in [-0.2, 0) is 6.42 Å². The number of halogens is 2. The van der Waals surface area contributed by atoms with Crippen molar-refractivity contribution in [3.8, 4) is 5.75 Å². The highest BCUT2D eigenvalue weighted by Crippen LogP contribution is 2.16. The van der Waals surface area contributed by atoms with Crippen LogP contribution in [0.3, 0.4) is 0 Å². The molecule has 1 aliphatic rings. The van der Waals surface area contributed by atoms with Gasteiger partial charge in [0.1, 0.15) is 5.75 Å². The molecule has 1 aromatic heterocycles. The summed E-state index contributed by atoms with van der Waals surface area (Å²) in [6, 6.07) is 11.7. The molecule has 1 aliphatic heterocycles. The number of carbonyl (C=O) groups excluding carboxylic acids is 1. The average Bonchev–Trinajstić information content (AvgIpc) is 3.15. The smallest absolute Gasteiger partial charge is 0.251 e. The maximum atomic E-state index is 12.3. The maximum absolute atomic E-state index is 12.3. The zero-order chi connectivity index (χ0) is 17.3. The zero-order valence-electron chi connectivity index (χ0n) is 15.2. The minimum atomic E-state index is -0.0206. The van der Waals surface area contributed by atoms with Crippen LogP contribution in [-0.4, -0.2) is 37.1 Å². The van der Waals surface area contributed by atoms with E-state index in [2.05, 4.69) is 21.7 Å². The summed E-state index contributed by atoms with van der Waals surface area (Å²) in [5.41, 5.74) is 1.97. The number of hydrogen-bond donors (Lipinski definition) is 2. The molecule has 1 fully saturated rings. The number of aromatic nitrogens is 1. The molecular formula is C20H27Cl2N3O2. The second kappa shape index (κ2) is 12.5. The summed E-state index contributed by atoms with van der Waals surface area (Å²) in [6.45, 7) is 3.33. The van der Waals surface area contributed by atoms with Crippen LogP contribution in [0.2, 0.25) is 0 Å². The van der Waals surface area contributed by atoms with Crippen LogP contribution in [0, 0.1) is 5.92 Å². The Labute approximate surface area is 173 Å². The highest BCUT2D eigenvalue weighted by Gasteiger charge is 2.15. The molecule has 0 radical (unpaired) electrons. The number of benzene rings is 1. The number of carbonyl (C=O) groups is 1. The Morgan fingerprint density at radius 2 is 2.15 bits per heavy atom. The quantitative estimate of drug-likeness (QED) is 0.654. The molecule has 0 spiro atoms. The maximum Gasteiger partial charge on any atom is 0.251 e. The van der Waals surface area contributed by atoms with E-state index < -0.39 is 0 Å². The van der Waals surface area contributed by atoms with Gasteiger partial charge in [0.15, 0.2) is 0 Å². The molecule has 7 heteroatoms. The van der Waals surface area contributed by atoms with E-state index in [0.717, 1.165) is 37.2 Å². The van der Waals surface area contributed by atoms with Crippen LogP contribution in [0.5, 0.6) is 5.75 Å². The topological polar surface area (TPSA) is 63.2 Å². The van der Waals surface area contributed by atoms with Gasteiger partial charge in [0.05, 0.1) is 12.8 Å². The van der Waals surface area contributed by atoms with Crippen molar-refractivity contribution in [3.05, 3.63) is 59.9 Å². The van der Waals surface area contributed by atoms with E-state index in [9.17, 15) is 4.79 Å². The first-order valence-corrected chi connectivity index (χ1v) is 8.92. The molecule has 2 aromatic rings. The van der Waals surface area contributed by atoms with Gasteiger partial charge >= 0.3 is 0 Å². The molecule has 1 atom stereocenters. The Morgan fingerprint density at radius 3 is 2.89 bits per heavy atom. The van der Waals surface area contributed by atoms with Crippen LogP contribution < -0.4 is 15.4 Å². The van der Waals surface area contributed by atoms with Crippen molar-refractivity contribution in [2.75, 3.05) is 26.2 Å². The Bertz CT molecular complexity index is 680. The lowest BCUT2D eigenvalue weighted by atomic mass is 9.97. The van der Waals surface area contributed by atoms with E-state index in [1.807, 2.05) is 30.3 Å². The molecule has 27 heavy (non-hydrogen) atoms. The molecular weight excluding hydrogens is 385 g/mol. The standard InChI is InChI=1S/C20H25N3O2.2ClH/c24-20(23-9-3-11-25-19-6-2-8-21-15-19)18-5-1-4-16(13-18)12-17-7-10-22-14-17;;/h1-2,4-6,8,13,15,17,22H,3,7,9-12,14H2,(H,23,24);2*1H. The summed E-state index contributed by atoms with van der Waals surface area (Å²) in [5, 5.41) is 6.35. The molecule has 0 saturated carbocycles. The monoisotopic (exact) mass is 411 g/mol. The van der Waals surface area contributed by atoms with Crippen molar-refractivity contribution >= 4 is 30.7 Å². The van der Waals surface area contributed by atoms with Gasteiger partial charge in [-0.2, -0.15) is 0 Å². The highest BCUT2D eigenvalue weighted by molar-refractivity contribution is 5.94. The number of rotatable bonds is 8. The summed E-state index contributed by atoms with van der Waals surface area (Å²) in [5.74, 6) is 1.42. The largest absolute Gasteiger partial charge is 0.492 e. The number of pyridine rings is 1. The Morgan fingerprint density at radius 1 is 1.26 bits per heavy atom. The second-order valence-corrected chi connectivity index (χ2v) is 6.41. The first-order valence-electron chi connectivity index (χ1n) is 8.92. The van der Waals surface area contributed by atoms with Gasteiger partial charge in [-0.15, -0.1) is 24.8 Å². The molecule has 5 nitrogen and oxygen atoms in total. The zero-order valence-corrected chi connectivity index (χ0v) is 16.9. The Hall–Kier alpha value is -1.82. The predicted molar refractivity (Wildman–Crippen MR) is 112 cm³/mol. The molecule has 1 saturated heterocycles. The highest BCUT2D eigenvalue weighted by atomic mass is 35.5. The Balaban J connectivity index is 0.00000182. The van der Waals surface area contributed by atoms with Crippen molar-refractivity contribution in [1.82, 2.24) is 15.6 Å². The van der Waals surface area contributed by atoms with Gasteiger partial charge in [-0.25, -0.2) is 0 Å². The van der Waals surface area contributed by atoms with Gasteiger partial charge < -0.3 is 15.4 Å². The van der Waals surface area contributed by atoms with Gasteiger partial charge in [-0.05, 0) is 68.1 Å².